The van der Waals surface area contributed by atoms with Crippen LogP contribution in [0.2, 0.25) is 0 Å². The first kappa shape index (κ1) is 6.99. The fourth-order valence-electron chi connectivity index (χ4n) is 1.18. The zero-order valence-corrected chi connectivity index (χ0v) is 7.03. The van der Waals surface area contributed by atoms with Crippen molar-refractivity contribution in [2.75, 3.05) is 0 Å². The fourth-order valence-corrected chi connectivity index (χ4v) is 2.06. The number of thioether (sulfide) groups is 1. The Kier molecular flexibility index (Phi) is 1.74. The molecule has 1 aromatic carbocycles. The van der Waals surface area contributed by atoms with Crippen LogP contribution in [0.4, 0.5) is 0 Å². The van der Waals surface area contributed by atoms with E-state index in [4.69, 9.17) is 0 Å². The summed E-state index contributed by atoms with van der Waals surface area (Å²) < 4.78 is 0. The Morgan fingerprint density at radius 1 is 1.27 bits per heavy atom. The Labute approximate surface area is 71.3 Å². The molecule has 1 aliphatic rings. The van der Waals surface area contributed by atoms with E-state index in [0.717, 1.165) is 6.42 Å². The number of benzene rings is 1. The van der Waals surface area contributed by atoms with Crippen molar-refractivity contribution in [2.24, 2.45) is 0 Å². The van der Waals surface area contributed by atoms with Crippen LogP contribution in [0.15, 0.2) is 40.1 Å². The summed E-state index contributed by atoms with van der Waals surface area (Å²) in [7, 11) is 0. The summed E-state index contributed by atoms with van der Waals surface area (Å²) in [4.78, 5) is 2.53. The molecule has 0 aliphatic carbocycles. The van der Waals surface area contributed by atoms with Crippen molar-refractivity contribution in [1.82, 2.24) is 0 Å². The van der Waals surface area contributed by atoms with Gasteiger partial charge in [-0.05, 0) is 29.9 Å². The minimum absolute atomic E-state index is 1.04. The molecule has 0 aromatic heterocycles. The van der Waals surface area contributed by atoms with Crippen molar-refractivity contribution < 1.29 is 0 Å². The molecule has 0 amide bonds. The van der Waals surface area contributed by atoms with Crippen molar-refractivity contribution in [1.29, 1.82) is 0 Å². The highest BCUT2D eigenvalue weighted by Gasteiger charge is 2.06. The number of hydrogen-bond acceptors (Lipinski definition) is 1. The zero-order valence-electron chi connectivity index (χ0n) is 6.21. The van der Waals surface area contributed by atoms with Crippen LogP contribution in [0.5, 0.6) is 0 Å². The van der Waals surface area contributed by atoms with Gasteiger partial charge in [-0.15, -0.1) is 0 Å². The van der Waals surface area contributed by atoms with Crippen LogP contribution < -0.4 is 0 Å². The van der Waals surface area contributed by atoms with E-state index in [2.05, 4.69) is 37.3 Å². The molecule has 1 radical (unpaired) electrons. The maximum atomic E-state index is 3.92. The van der Waals surface area contributed by atoms with Crippen LogP contribution in [0.1, 0.15) is 5.56 Å². The Morgan fingerprint density at radius 3 is 3.00 bits per heavy atom. The predicted molar refractivity (Wildman–Crippen MR) is 49.4 cm³/mol. The molecule has 0 saturated heterocycles. The topological polar surface area (TPSA) is 0 Å². The molecule has 1 aliphatic heterocycles. The van der Waals surface area contributed by atoms with Gasteiger partial charge < -0.3 is 0 Å². The van der Waals surface area contributed by atoms with Crippen LogP contribution >= 0.6 is 11.8 Å². The molecule has 1 heteroatoms. The van der Waals surface area contributed by atoms with Crippen LogP contribution in [0, 0.1) is 6.92 Å². The van der Waals surface area contributed by atoms with Gasteiger partial charge in [0.2, 0.25) is 0 Å². The lowest BCUT2D eigenvalue weighted by Crippen LogP contribution is -1.91. The minimum atomic E-state index is 1.04. The molecular weight excluding hydrogens is 152 g/mol. The van der Waals surface area contributed by atoms with Gasteiger partial charge in [-0.25, -0.2) is 0 Å². The smallest absolute Gasteiger partial charge is 0.0154 e. The van der Waals surface area contributed by atoms with Crippen molar-refractivity contribution in [3.05, 3.63) is 47.7 Å². The Hall–Kier alpha value is -0.690. The van der Waals surface area contributed by atoms with Gasteiger partial charge in [0, 0.05) is 4.90 Å². The molecule has 1 heterocycles. The summed E-state index contributed by atoms with van der Waals surface area (Å²) in [5.74, 6) is 0. The Bertz CT molecular complexity index is 299. The normalized spacial score (nSPS) is 15.5. The zero-order chi connectivity index (χ0) is 7.68. The quantitative estimate of drug-likeness (QED) is 0.563. The van der Waals surface area contributed by atoms with Crippen LogP contribution in [0.3, 0.4) is 0 Å². The Balaban J connectivity index is 2.42. The van der Waals surface area contributed by atoms with Crippen molar-refractivity contribution >= 4 is 11.8 Å². The SMILES string of the molecule is [CH2]C1=CCc2ccccc2S1. The standard InChI is InChI=1S/C10H9S/c1-8-6-7-9-4-2-3-5-10(9)11-8/h2-6H,1,7H2. The largest absolute Gasteiger partial charge is 0.0946 e. The van der Waals surface area contributed by atoms with E-state index in [1.807, 2.05) is 0 Å². The van der Waals surface area contributed by atoms with E-state index in [1.165, 1.54) is 15.4 Å². The molecule has 0 unspecified atom stereocenters. The first-order chi connectivity index (χ1) is 5.36. The molecule has 0 saturated carbocycles. The second kappa shape index (κ2) is 2.74. The molecule has 0 fully saturated rings. The average molecular weight is 161 g/mol. The van der Waals surface area contributed by atoms with Gasteiger partial charge in [0.25, 0.3) is 0 Å². The second-order valence-electron chi connectivity index (χ2n) is 2.58. The van der Waals surface area contributed by atoms with Gasteiger partial charge in [0.1, 0.15) is 0 Å². The fraction of sp³-hybridized carbons (Fsp3) is 0.100. The van der Waals surface area contributed by atoms with Crippen molar-refractivity contribution in [3.63, 3.8) is 0 Å². The third-order valence-electron chi connectivity index (χ3n) is 1.76. The van der Waals surface area contributed by atoms with Crippen molar-refractivity contribution in [2.45, 2.75) is 11.3 Å². The lowest BCUT2D eigenvalue weighted by Gasteiger charge is -2.12. The lowest BCUT2D eigenvalue weighted by molar-refractivity contribution is 1.16. The number of fused-ring (bicyclic) bond motifs is 1. The summed E-state index contributed by atoms with van der Waals surface area (Å²) in [5.41, 5.74) is 1.42. The molecule has 0 nitrogen and oxygen atoms in total. The third kappa shape index (κ3) is 1.33. The van der Waals surface area contributed by atoms with Gasteiger partial charge >= 0.3 is 0 Å². The molecule has 11 heavy (non-hydrogen) atoms. The molecule has 0 atom stereocenters. The first-order valence-corrected chi connectivity index (χ1v) is 4.46. The average Bonchev–Trinajstić information content (AvgIpc) is 2.04. The number of allylic oxidation sites excluding steroid dienone is 2. The van der Waals surface area contributed by atoms with Gasteiger partial charge in [-0.2, -0.15) is 0 Å². The van der Waals surface area contributed by atoms with Crippen LogP contribution in [-0.2, 0) is 6.42 Å². The van der Waals surface area contributed by atoms with Gasteiger partial charge in [-0.1, -0.05) is 36.0 Å². The molecular formula is C10H9S. The van der Waals surface area contributed by atoms with E-state index in [9.17, 15) is 0 Å². The van der Waals surface area contributed by atoms with E-state index in [1.54, 1.807) is 11.8 Å². The number of hydrogen-bond donors (Lipinski definition) is 0. The highest BCUT2D eigenvalue weighted by molar-refractivity contribution is 8.03. The highest BCUT2D eigenvalue weighted by Crippen LogP contribution is 2.33. The van der Waals surface area contributed by atoms with E-state index in [0.29, 0.717) is 0 Å². The van der Waals surface area contributed by atoms with Crippen LogP contribution in [-0.4, -0.2) is 0 Å². The van der Waals surface area contributed by atoms with E-state index >= 15 is 0 Å². The molecule has 2 rings (SSSR count). The second-order valence-corrected chi connectivity index (χ2v) is 3.75. The molecule has 55 valence electrons. The van der Waals surface area contributed by atoms with Gasteiger partial charge in [0.05, 0.1) is 0 Å². The molecule has 0 N–H and O–H groups in total. The van der Waals surface area contributed by atoms with Gasteiger partial charge in [0.15, 0.2) is 0 Å². The lowest BCUT2D eigenvalue weighted by atomic mass is 10.1. The number of rotatable bonds is 0. The maximum absolute atomic E-state index is 3.92. The van der Waals surface area contributed by atoms with E-state index in [-0.39, 0.29) is 0 Å². The maximum Gasteiger partial charge on any atom is 0.0154 e. The third-order valence-corrected chi connectivity index (χ3v) is 2.81. The summed E-state index contributed by atoms with van der Waals surface area (Å²) in [6, 6.07) is 8.48. The van der Waals surface area contributed by atoms with Gasteiger partial charge in [-0.3, -0.25) is 0 Å². The van der Waals surface area contributed by atoms with Crippen molar-refractivity contribution in [3.8, 4) is 0 Å². The molecule has 0 spiro atoms. The monoisotopic (exact) mass is 161 g/mol. The highest BCUT2D eigenvalue weighted by atomic mass is 32.2. The summed E-state index contributed by atoms with van der Waals surface area (Å²) in [6.07, 6.45) is 3.22. The summed E-state index contributed by atoms with van der Waals surface area (Å²) in [6.45, 7) is 3.92. The van der Waals surface area contributed by atoms with Crippen LogP contribution in [0.25, 0.3) is 0 Å². The minimum Gasteiger partial charge on any atom is -0.0946 e. The van der Waals surface area contributed by atoms with E-state index < -0.39 is 0 Å². The summed E-state index contributed by atoms with van der Waals surface area (Å²) in [5, 5.41) is 0. The molecule has 1 aromatic rings. The first-order valence-electron chi connectivity index (χ1n) is 3.64. The molecule has 0 bridgehead atoms. The predicted octanol–water partition coefficient (Wildman–Crippen LogP) is 3.05. The Morgan fingerprint density at radius 2 is 2.09 bits per heavy atom. The summed E-state index contributed by atoms with van der Waals surface area (Å²) >= 11 is 1.76.